The highest BCUT2D eigenvalue weighted by molar-refractivity contribution is 5.77. The Hall–Kier alpha value is -3.63. The zero-order valence-corrected chi connectivity index (χ0v) is 22.0. The van der Waals surface area contributed by atoms with Crippen LogP contribution in [0.4, 0.5) is 16.0 Å². The molecule has 9 nitrogen and oxygen atoms in total. The van der Waals surface area contributed by atoms with Gasteiger partial charge < -0.3 is 15.7 Å². The van der Waals surface area contributed by atoms with Crippen LogP contribution in [0.2, 0.25) is 0 Å². The van der Waals surface area contributed by atoms with Crippen molar-refractivity contribution in [3.05, 3.63) is 69.5 Å². The van der Waals surface area contributed by atoms with Crippen LogP contribution in [0.25, 0.3) is 16.9 Å². The smallest absolute Gasteiger partial charge is 0.278 e. The van der Waals surface area contributed by atoms with Crippen LogP contribution < -0.4 is 16.2 Å². The maximum Gasteiger partial charge on any atom is 0.278 e. The molecule has 38 heavy (non-hydrogen) atoms. The fourth-order valence-corrected chi connectivity index (χ4v) is 5.58. The van der Waals surface area contributed by atoms with E-state index in [2.05, 4.69) is 46.6 Å². The Bertz CT molecular complexity index is 1620. The molecule has 3 aromatic heterocycles. The number of rotatable bonds is 5. The molecule has 0 amide bonds. The van der Waals surface area contributed by atoms with Gasteiger partial charge in [-0.3, -0.25) is 4.79 Å². The van der Waals surface area contributed by atoms with Crippen molar-refractivity contribution in [1.82, 2.24) is 29.6 Å². The molecule has 0 bridgehead atoms. The molecule has 0 unspecified atom stereocenters. The summed E-state index contributed by atoms with van der Waals surface area (Å²) in [4.78, 5) is 27.0. The molecule has 10 heteroatoms. The van der Waals surface area contributed by atoms with Crippen LogP contribution in [0.3, 0.4) is 0 Å². The summed E-state index contributed by atoms with van der Waals surface area (Å²) >= 11 is 0. The number of fused-ring (bicyclic) bond motifs is 2. The maximum absolute atomic E-state index is 14.7. The minimum Gasteiger partial charge on any atom is -0.383 e. The van der Waals surface area contributed by atoms with Gasteiger partial charge in [0.25, 0.3) is 5.56 Å². The highest BCUT2D eigenvalue weighted by Gasteiger charge is 2.40. The molecule has 0 radical (unpaired) electrons. The van der Waals surface area contributed by atoms with E-state index in [1.54, 1.807) is 4.68 Å². The number of halogens is 1. The Balaban J connectivity index is 1.45. The van der Waals surface area contributed by atoms with E-state index in [1.807, 2.05) is 19.9 Å². The van der Waals surface area contributed by atoms with Gasteiger partial charge in [0.15, 0.2) is 11.5 Å². The minimum atomic E-state index is -1.29. The highest BCUT2D eigenvalue weighted by atomic mass is 19.1. The number of nitrogens with one attached hydrogen (secondary N) is 2. The predicted molar refractivity (Wildman–Crippen MR) is 143 cm³/mol. The minimum absolute atomic E-state index is 0.00357. The van der Waals surface area contributed by atoms with Crippen molar-refractivity contribution in [2.45, 2.75) is 70.6 Å². The molecule has 4 aromatic rings. The number of hydrogen-bond acceptors (Lipinski definition) is 7. The summed E-state index contributed by atoms with van der Waals surface area (Å²) in [6, 6.07) is 8.81. The third-order valence-corrected chi connectivity index (χ3v) is 7.76. The highest BCUT2D eigenvalue weighted by Crippen LogP contribution is 2.41. The summed E-state index contributed by atoms with van der Waals surface area (Å²) in [6.45, 7) is 9.92. The van der Waals surface area contributed by atoms with E-state index in [9.17, 15) is 14.3 Å². The molecule has 0 saturated heterocycles. The number of benzene rings is 1. The molecule has 3 N–H and O–H groups in total. The summed E-state index contributed by atoms with van der Waals surface area (Å²) in [5, 5.41) is 17.9. The number of hydrogen-bond donors (Lipinski definition) is 3. The number of aliphatic hydroxyl groups is 1. The first-order chi connectivity index (χ1) is 18.1. The van der Waals surface area contributed by atoms with Gasteiger partial charge in [-0.1, -0.05) is 19.9 Å². The zero-order chi connectivity index (χ0) is 26.8. The normalized spacial score (nSPS) is 17.9. The fraction of sp³-hybridized carbons (Fsp3) is 0.429. The second kappa shape index (κ2) is 8.71. The lowest BCUT2D eigenvalue weighted by Crippen LogP contribution is -2.38. The Kier molecular flexibility index (Phi) is 5.66. The molecule has 1 fully saturated rings. The Morgan fingerprint density at radius 1 is 1.16 bits per heavy atom. The van der Waals surface area contributed by atoms with Crippen LogP contribution in [0.5, 0.6) is 0 Å². The van der Waals surface area contributed by atoms with Gasteiger partial charge in [0.05, 0.1) is 0 Å². The maximum atomic E-state index is 14.7. The Labute approximate surface area is 219 Å². The molecule has 6 rings (SSSR count). The largest absolute Gasteiger partial charge is 0.383 e. The van der Waals surface area contributed by atoms with E-state index in [1.165, 1.54) is 34.1 Å². The molecule has 198 valence electrons. The number of nitrogens with zero attached hydrogens (tertiary/aromatic N) is 5. The molecule has 0 atom stereocenters. The summed E-state index contributed by atoms with van der Waals surface area (Å²) in [6.07, 6.45) is 3.22. The van der Waals surface area contributed by atoms with Crippen molar-refractivity contribution in [2.75, 3.05) is 11.9 Å². The van der Waals surface area contributed by atoms with Crippen LogP contribution in [-0.4, -0.2) is 36.0 Å². The number of pyridine rings is 1. The molecular formula is C28H32FN7O2. The van der Waals surface area contributed by atoms with E-state index < -0.39 is 11.4 Å². The second-order valence-electron chi connectivity index (χ2n) is 11.4. The first kappa shape index (κ1) is 24.7. The molecule has 1 saturated carbocycles. The summed E-state index contributed by atoms with van der Waals surface area (Å²) in [5.74, 6) is 0.0808. The molecule has 1 aromatic carbocycles. The number of anilines is 2. The van der Waals surface area contributed by atoms with E-state index >= 15 is 0 Å². The molecule has 1 aliphatic carbocycles. The third-order valence-electron chi connectivity index (χ3n) is 7.76. The van der Waals surface area contributed by atoms with Gasteiger partial charge in [-0.25, -0.2) is 23.7 Å². The molecule has 0 spiro atoms. The van der Waals surface area contributed by atoms with E-state index in [4.69, 9.17) is 4.98 Å². The van der Waals surface area contributed by atoms with Gasteiger partial charge in [-0.2, -0.15) is 4.98 Å². The number of aromatic nitrogens is 5. The quantitative estimate of drug-likeness (QED) is 0.364. The van der Waals surface area contributed by atoms with Gasteiger partial charge in [0.1, 0.15) is 22.5 Å². The lowest BCUT2D eigenvalue weighted by atomic mass is 9.77. The van der Waals surface area contributed by atoms with Crippen molar-refractivity contribution in [2.24, 2.45) is 0 Å². The summed E-state index contributed by atoms with van der Waals surface area (Å²) < 4.78 is 17.8. The van der Waals surface area contributed by atoms with Crippen LogP contribution in [0, 0.1) is 5.82 Å². The summed E-state index contributed by atoms with van der Waals surface area (Å²) in [5.41, 5.74) is 2.22. The van der Waals surface area contributed by atoms with E-state index in [0.29, 0.717) is 35.6 Å². The Morgan fingerprint density at radius 2 is 1.95 bits per heavy atom. The topological polar surface area (TPSA) is 110 Å². The fourth-order valence-electron chi connectivity index (χ4n) is 5.58. The SMILES string of the molecule is CC(C)n1c(=O)c2cnc(Nc3ccc4c(c3)CNCC4(C)C)nc2n1-c1ccc(F)c(C2(O)CCC2)n1. The van der Waals surface area contributed by atoms with Gasteiger partial charge in [0, 0.05) is 36.4 Å². The van der Waals surface area contributed by atoms with Gasteiger partial charge in [-0.05, 0) is 68.5 Å². The second-order valence-corrected chi connectivity index (χ2v) is 11.4. The van der Waals surface area contributed by atoms with Crippen molar-refractivity contribution in [3.8, 4) is 5.82 Å². The van der Waals surface area contributed by atoms with Crippen LogP contribution in [0.15, 0.2) is 41.3 Å². The van der Waals surface area contributed by atoms with Gasteiger partial charge in [-0.15, -0.1) is 0 Å². The standard InChI is InChI=1S/C28H32FN7O2/c1-16(2)35-25(37)19-14-31-26(32-18-6-7-20-17(12-18)13-30-15-27(20,3)4)34-24(19)36(35)22-9-8-21(29)23(33-22)28(38)10-5-11-28/h6-9,12,14,16,30,38H,5,10-11,13,15H2,1-4H3,(H,31,32,34). The van der Waals surface area contributed by atoms with Crippen LogP contribution in [-0.2, 0) is 17.6 Å². The molecule has 4 heterocycles. The average Bonchev–Trinajstić information content (AvgIpc) is 3.14. The first-order valence-electron chi connectivity index (χ1n) is 13.1. The van der Waals surface area contributed by atoms with Gasteiger partial charge in [0.2, 0.25) is 5.95 Å². The lowest BCUT2D eigenvalue weighted by molar-refractivity contribution is -0.0457. The predicted octanol–water partition coefficient (Wildman–Crippen LogP) is 4.19. The van der Waals surface area contributed by atoms with E-state index in [0.717, 1.165) is 25.2 Å². The van der Waals surface area contributed by atoms with Crippen LogP contribution in [0.1, 0.15) is 69.8 Å². The Morgan fingerprint density at radius 3 is 2.66 bits per heavy atom. The third kappa shape index (κ3) is 3.90. The molecular weight excluding hydrogens is 485 g/mol. The average molecular weight is 518 g/mol. The molecule has 2 aliphatic rings. The van der Waals surface area contributed by atoms with Crippen molar-refractivity contribution in [3.63, 3.8) is 0 Å². The van der Waals surface area contributed by atoms with Crippen LogP contribution >= 0.6 is 0 Å². The molecule has 1 aliphatic heterocycles. The van der Waals surface area contributed by atoms with Crippen molar-refractivity contribution >= 4 is 22.7 Å². The van der Waals surface area contributed by atoms with Crippen molar-refractivity contribution in [1.29, 1.82) is 0 Å². The monoisotopic (exact) mass is 517 g/mol. The van der Waals surface area contributed by atoms with E-state index in [-0.39, 0.29) is 22.7 Å². The van der Waals surface area contributed by atoms with Gasteiger partial charge >= 0.3 is 0 Å². The lowest BCUT2D eigenvalue weighted by Gasteiger charge is -2.36. The zero-order valence-electron chi connectivity index (χ0n) is 22.0. The van der Waals surface area contributed by atoms with Crippen molar-refractivity contribution < 1.29 is 9.50 Å². The first-order valence-corrected chi connectivity index (χ1v) is 13.1. The summed E-state index contributed by atoms with van der Waals surface area (Å²) in [7, 11) is 0.